The molecule has 50 heavy (non-hydrogen) atoms. The molecule has 1 aliphatic heterocycles. The van der Waals surface area contributed by atoms with Crippen molar-refractivity contribution in [3.8, 4) is 28.7 Å². The van der Waals surface area contributed by atoms with Crippen molar-refractivity contribution in [3.63, 3.8) is 0 Å². The van der Waals surface area contributed by atoms with E-state index in [1.54, 1.807) is 72.5 Å². The minimum Gasteiger partial charge on any atom is -0.493 e. The number of benzene rings is 4. The summed E-state index contributed by atoms with van der Waals surface area (Å²) in [6, 6.07) is 21.6. The lowest BCUT2D eigenvalue weighted by Crippen LogP contribution is -2.23. The van der Waals surface area contributed by atoms with Gasteiger partial charge in [0.05, 0.1) is 24.8 Å². The molecule has 7 rings (SSSR count). The van der Waals surface area contributed by atoms with Crippen molar-refractivity contribution in [1.82, 2.24) is 14.5 Å². The van der Waals surface area contributed by atoms with Crippen LogP contribution >= 0.6 is 0 Å². The maximum absolute atomic E-state index is 15.5. The molecule has 3 heterocycles. The number of hydrogen-bond donors (Lipinski definition) is 1. The quantitative estimate of drug-likeness (QED) is 0.140. The zero-order valence-corrected chi connectivity index (χ0v) is 27.3. The molecule has 1 amide bonds. The fourth-order valence-corrected chi connectivity index (χ4v) is 6.20. The number of anilines is 1. The number of ether oxygens (including phenoxy) is 3. The SMILES string of the molecule is COc1cc2c(Oc3ccc(NC(=O)c4cn(-c5ccc(F)cc5)c5ccccc5c4=O)cc3F)ccnc2cc1OCCCN1CCCC1. The summed E-state index contributed by atoms with van der Waals surface area (Å²) in [6.45, 7) is 3.80. The van der Waals surface area contributed by atoms with Crippen molar-refractivity contribution < 1.29 is 27.8 Å². The van der Waals surface area contributed by atoms with E-state index in [-0.39, 0.29) is 17.0 Å². The highest BCUT2D eigenvalue weighted by Gasteiger charge is 2.19. The third-order valence-electron chi connectivity index (χ3n) is 8.73. The van der Waals surface area contributed by atoms with Gasteiger partial charge < -0.3 is 29.0 Å². The Morgan fingerprint density at radius 1 is 0.880 bits per heavy atom. The summed E-state index contributed by atoms with van der Waals surface area (Å²) in [5, 5.41) is 3.52. The van der Waals surface area contributed by atoms with E-state index >= 15 is 4.39 Å². The topological polar surface area (TPSA) is 94.9 Å². The molecule has 9 nitrogen and oxygen atoms in total. The molecule has 0 saturated carbocycles. The standard InChI is InChI=1S/C39H34F2N4O5/c1-48-36-22-29-32(23-37(36)49-20-6-19-44-17-4-5-18-44)42-16-15-34(29)50-35-14-11-26(21-31(35)41)43-39(47)30-24-45(27-12-9-25(40)10-13-27)33-8-3-2-7-28(33)38(30)46/h2-3,7-16,21-24H,4-6,17-20H2,1H3,(H,43,47). The second-order valence-corrected chi connectivity index (χ2v) is 12.0. The average Bonchev–Trinajstić information content (AvgIpc) is 3.65. The molecule has 0 atom stereocenters. The van der Waals surface area contributed by atoms with Crippen LogP contribution in [0.2, 0.25) is 0 Å². The normalized spacial score (nSPS) is 13.1. The van der Waals surface area contributed by atoms with Gasteiger partial charge in [-0.15, -0.1) is 0 Å². The number of fused-ring (bicyclic) bond motifs is 2. The Morgan fingerprint density at radius 2 is 1.68 bits per heavy atom. The first-order valence-electron chi connectivity index (χ1n) is 16.4. The lowest BCUT2D eigenvalue weighted by molar-refractivity contribution is 0.102. The van der Waals surface area contributed by atoms with Gasteiger partial charge in [-0.2, -0.15) is 0 Å². The number of carbonyl (C=O) groups excluding carboxylic acids is 1. The summed E-state index contributed by atoms with van der Waals surface area (Å²) in [6.07, 6.45) is 6.35. The van der Waals surface area contributed by atoms with Gasteiger partial charge in [-0.05, 0) is 93.0 Å². The van der Waals surface area contributed by atoms with Crippen LogP contribution in [0.3, 0.4) is 0 Å². The molecule has 4 aromatic carbocycles. The number of para-hydroxylation sites is 1. The van der Waals surface area contributed by atoms with Gasteiger partial charge in [0.1, 0.15) is 17.1 Å². The number of nitrogens with zero attached hydrogens (tertiary/aromatic N) is 3. The molecule has 0 bridgehead atoms. The van der Waals surface area contributed by atoms with E-state index in [4.69, 9.17) is 14.2 Å². The molecule has 1 fully saturated rings. The van der Waals surface area contributed by atoms with Gasteiger partial charge in [-0.3, -0.25) is 14.6 Å². The number of amides is 1. The number of methoxy groups -OCH3 is 1. The summed E-state index contributed by atoms with van der Waals surface area (Å²) in [7, 11) is 1.55. The molecule has 0 unspecified atom stereocenters. The molecule has 1 aliphatic rings. The average molecular weight is 677 g/mol. The molecule has 254 valence electrons. The van der Waals surface area contributed by atoms with Gasteiger partial charge >= 0.3 is 0 Å². The van der Waals surface area contributed by atoms with Gasteiger partial charge in [0, 0.05) is 53.2 Å². The van der Waals surface area contributed by atoms with Crippen molar-refractivity contribution in [2.75, 3.05) is 38.7 Å². The Balaban J connectivity index is 1.09. The predicted molar refractivity (Wildman–Crippen MR) is 188 cm³/mol. The lowest BCUT2D eigenvalue weighted by atomic mass is 10.1. The van der Waals surface area contributed by atoms with E-state index in [9.17, 15) is 14.0 Å². The number of nitrogens with one attached hydrogen (secondary N) is 1. The van der Waals surface area contributed by atoms with Crippen LogP contribution in [0, 0.1) is 11.6 Å². The predicted octanol–water partition coefficient (Wildman–Crippen LogP) is 7.74. The first kappa shape index (κ1) is 32.7. The molecule has 2 aromatic heterocycles. The highest BCUT2D eigenvalue weighted by molar-refractivity contribution is 6.06. The summed E-state index contributed by atoms with van der Waals surface area (Å²) in [4.78, 5) is 33.7. The molecular weight excluding hydrogens is 642 g/mol. The third kappa shape index (κ3) is 6.85. The summed E-state index contributed by atoms with van der Waals surface area (Å²) < 4.78 is 48.4. The Labute approximate surface area is 286 Å². The summed E-state index contributed by atoms with van der Waals surface area (Å²) in [5.41, 5.74) is 1.15. The van der Waals surface area contributed by atoms with Gasteiger partial charge in [-0.1, -0.05) is 12.1 Å². The van der Waals surface area contributed by atoms with Crippen molar-refractivity contribution in [2.45, 2.75) is 19.3 Å². The van der Waals surface area contributed by atoms with E-state index in [1.807, 2.05) is 0 Å². The molecule has 6 aromatic rings. The highest BCUT2D eigenvalue weighted by Crippen LogP contribution is 2.38. The number of carbonyl (C=O) groups is 1. The number of hydrogen-bond acceptors (Lipinski definition) is 7. The van der Waals surface area contributed by atoms with Crippen LogP contribution in [-0.2, 0) is 0 Å². The van der Waals surface area contributed by atoms with Crippen molar-refractivity contribution in [3.05, 3.63) is 125 Å². The van der Waals surface area contributed by atoms with Gasteiger partial charge in [0.2, 0.25) is 5.43 Å². The van der Waals surface area contributed by atoms with Crippen molar-refractivity contribution in [1.29, 1.82) is 0 Å². The number of aromatic nitrogens is 2. The fraction of sp³-hybridized carbons (Fsp3) is 0.205. The smallest absolute Gasteiger partial charge is 0.261 e. The minimum absolute atomic E-state index is 0.0823. The van der Waals surface area contributed by atoms with E-state index in [0.717, 1.165) is 32.1 Å². The Hall–Kier alpha value is -5.81. The third-order valence-corrected chi connectivity index (χ3v) is 8.73. The minimum atomic E-state index is -0.736. The monoisotopic (exact) mass is 676 g/mol. The van der Waals surface area contributed by atoms with Crippen LogP contribution in [0.15, 0.2) is 102 Å². The lowest BCUT2D eigenvalue weighted by Gasteiger charge is -2.16. The van der Waals surface area contributed by atoms with Crippen LogP contribution in [0.4, 0.5) is 14.5 Å². The van der Waals surface area contributed by atoms with Crippen LogP contribution in [0.25, 0.3) is 27.5 Å². The number of halogens is 2. The number of rotatable bonds is 11. The van der Waals surface area contributed by atoms with Gasteiger partial charge in [0.15, 0.2) is 23.1 Å². The van der Waals surface area contributed by atoms with Gasteiger partial charge in [0.25, 0.3) is 5.91 Å². The molecule has 11 heteroatoms. The highest BCUT2D eigenvalue weighted by atomic mass is 19.1. The Kier molecular flexibility index (Phi) is 9.39. The number of likely N-dealkylation sites (tertiary alicyclic amines) is 1. The van der Waals surface area contributed by atoms with E-state index in [2.05, 4.69) is 15.2 Å². The molecule has 0 radical (unpaired) electrons. The zero-order valence-electron chi connectivity index (χ0n) is 27.3. The van der Waals surface area contributed by atoms with Crippen LogP contribution < -0.4 is 25.0 Å². The first-order chi connectivity index (χ1) is 24.4. The van der Waals surface area contributed by atoms with E-state index in [1.165, 1.54) is 43.3 Å². The maximum Gasteiger partial charge on any atom is 0.261 e. The Bertz CT molecular complexity index is 2250. The molecule has 1 N–H and O–H groups in total. The molecule has 1 saturated heterocycles. The Morgan fingerprint density at radius 3 is 2.46 bits per heavy atom. The van der Waals surface area contributed by atoms with Crippen molar-refractivity contribution >= 4 is 33.4 Å². The van der Waals surface area contributed by atoms with Crippen molar-refractivity contribution in [2.24, 2.45) is 0 Å². The second-order valence-electron chi connectivity index (χ2n) is 12.0. The van der Waals surface area contributed by atoms with Gasteiger partial charge in [-0.25, -0.2) is 8.78 Å². The maximum atomic E-state index is 15.5. The zero-order chi connectivity index (χ0) is 34.6. The second kappa shape index (κ2) is 14.4. The molecule has 0 aliphatic carbocycles. The van der Waals surface area contributed by atoms with E-state index in [0.29, 0.717) is 51.3 Å². The number of pyridine rings is 2. The van der Waals surface area contributed by atoms with Crippen LogP contribution in [-0.4, -0.2) is 53.7 Å². The summed E-state index contributed by atoms with van der Waals surface area (Å²) >= 11 is 0. The fourth-order valence-electron chi connectivity index (χ4n) is 6.20. The summed E-state index contributed by atoms with van der Waals surface area (Å²) in [5.74, 6) is -0.550. The van der Waals surface area contributed by atoms with E-state index < -0.39 is 23.0 Å². The first-order valence-corrected chi connectivity index (χ1v) is 16.4. The largest absolute Gasteiger partial charge is 0.493 e. The molecule has 0 spiro atoms. The molecular formula is C39H34F2N4O5. The van der Waals surface area contributed by atoms with Crippen LogP contribution in [0.5, 0.6) is 23.0 Å². The van der Waals surface area contributed by atoms with Crippen LogP contribution in [0.1, 0.15) is 29.6 Å².